The standard InChI is InChI=1S/C25H29N7O3/c1-16-15-31(18-5-7-19(34-3)8-6-18)11-10-30(16)12-13-32-21(33)14-27-23-22(20-9-4-17(2)35-20)28-25(26)29-24(23)32/h4-9,14,16H,10-13,15H2,1-3H3,(H2,26,28,29)/t16-/m1/s1. The number of aryl methyl sites for hydroxylation is 1. The molecule has 1 atom stereocenters. The minimum absolute atomic E-state index is 0.0733. The van der Waals surface area contributed by atoms with Crippen LogP contribution in [-0.4, -0.2) is 63.7 Å². The van der Waals surface area contributed by atoms with Gasteiger partial charge in [0.05, 0.1) is 13.3 Å². The second-order valence-corrected chi connectivity index (χ2v) is 8.79. The molecular formula is C25H29N7O3. The maximum absolute atomic E-state index is 12.8. The number of fused-ring (bicyclic) bond motifs is 1. The third-order valence-corrected chi connectivity index (χ3v) is 6.50. The molecule has 1 aromatic carbocycles. The fourth-order valence-corrected chi connectivity index (χ4v) is 4.59. The molecule has 1 saturated heterocycles. The van der Waals surface area contributed by atoms with Crippen molar-refractivity contribution in [3.8, 4) is 17.2 Å². The number of methoxy groups -OCH3 is 1. The van der Waals surface area contributed by atoms with Crippen LogP contribution in [0.25, 0.3) is 22.6 Å². The van der Waals surface area contributed by atoms with Crippen LogP contribution < -0.4 is 20.9 Å². The molecule has 5 rings (SSSR count). The van der Waals surface area contributed by atoms with Crippen LogP contribution in [0.4, 0.5) is 11.6 Å². The van der Waals surface area contributed by atoms with Crippen LogP contribution in [0.5, 0.6) is 5.75 Å². The Hall–Kier alpha value is -3.92. The Balaban J connectivity index is 1.35. The van der Waals surface area contributed by atoms with Gasteiger partial charge in [-0.1, -0.05) is 0 Å². The van der Waals surface area contributed by atoms with Crippen molar-refractivity contribution < 1.29 is 9.15 Å². The summed E-state index contributed by atoms with van der Waals surface area (Å²) in [7, 11) is 1.67. The van der Waals surface area contributed by atoms with Gasteiger partial charge in [-0.15, -0.1) is 0 Å². The minimum Gasteiger partial charge on any atom is -0.497 e. The van der Waals surface area contributed by atoms with Gasteiger partial charge in [-0.2, -0.15) is 4.98 Å². The fourth-order valence-electron chi connectivity index (χ4n) is 4.59. The largest absolute Gasteiger partial charge is 0.497 e. The molecule has 0 spiro atoms. The summed E-state index contributed by atoms with van der Waals surface area (Å²) in [5, 5.41) is 0. The van der Waals surface area contributed by atoms with Gasteiger partial charge in [0.25, 0.3) is 5.56 Å². The van der Waals surface area contributed by atoms with E-state index in [9.17, 15) is 4.79 Å². The topological polar surface area (TPSA) is 116 Å². The molecule has 4 heterocycles. The number of ether oxygens (including phenoxy) is 1. The number of nitrogens with two attached hydrogens (primary N) is 1. The first-order valence-electron chi connectivity index (χ1n) is 11.7. The van der Waals surface area contributed by atoms with Gasteiger partial charge in [0.15, 0.2) is 11.4 Å². The van der Waals surface area contributed by atoms with Crippen LogP contribution in [0.2, 0.25) is 0 Å². The van der Waals surface area contributed by atoms with E-state index in [1.165, 1.54) is 11.9 Å². The van der Waals surface area contributed by atoms with E-state index < -0.39 is 0 Å². The Bertz CT molecular complexity index is 1400. The third-order valence-electron chi connectivity index (χ3n) is 6.50. The van der Waals surface area contributed by atoms with Gasteiger partial charge >= 0.3 is 0 Å². The number of nitrogens with zero attached hydrogens (tertiary/aromatic N) is 6. The zero-order valence-corrected chi connectivity index (χ0v) is 20.1. The van der Waals surface area contributed by atoms with Gasteiger partial charge in [-0.3, -0.25) is 14.3 Å². The lowest BCUT2D eigenvalue weighted by Gasteiger charge is -2.41. The molecule has 182 valence electrons. The zero-order chi connectivity index (χ0) is 24.5. The van der Waals surface area contributed by atoms with Gasteiger partial charge in [-0.05, 0) is 50.2 Å². The Kier molecular flexibility index (Phi) is 6.12. The highest BCUT2D eigenvalue weighted by atomic mass is 16.5. The lowest BCUT2D eigenvalue weighted by Crippen LogP contribution is -2.52. The molecule has 0 saturated carbocycles. The van der Waals surface area contributed by atoms with Crippen molar-refractivity contribution in [3.05, 3.63) is 58.7 Å². The quantitative estimate of drug-likeness (QED) is 0.449. The number of hydrogen-bond donors (Lipinski definition) is 1. The average Bonchev–Trinajstić information content (AvgIpc) is 3.29. The number of aromatic nitrogens is 4. The zero-order valence-electron chi connectivity index (χ0n) is 20.1. The summed E-state index contributed by atoms with van der Waals surface area (Å²) >= 11 is 0. The van der Waals surface area contributed by atoms with E-state index in [4.69, 9.17) is 14.9 Å². The Morgan fingerprint density at radius 2 is 1.91 bits per heavy atom. The van der Waals surface area contributed by atoms with Gasteiger partial charge in [-0.25, -0.2) is 9.97 Å². The molecule has 0 unspecified atom stereocenters. The number of nitrogen functional groups attached to an aromatic ring is 1. The molecule has 0 amide bonds. The van der Waals surface area contributed by atoms with E-state index >= 15 is 0 Å². The Morgan fingerprint density at radius 3 is 2.60 bits per heavy atom. The lowest BCUT2D eigenvalue weighted by atomic mass is 10.1. The first kappa shape index (κ1) is 22.9. The van der Waals surface area contributed by atoms with Crippen LogP contribution >= 0.6 is 0 Å². The van der Waals surface area contributed by atoms with Crippen molar-refractivity contribution in [1.29, 1.82) is 0 Å². The van der Waals surface area contributed by atoms with Crippen LogP contribution in [-0.2, 0) is 6.54 Å². The molecule has 0 aliphatic carbocycles. The first-order valence-corrected chi connectivity index (χ1v) is 11.7. The second-order valence-electron chi connectivity index (χ2n) is 8.79. The molecule has 1 fully saturated rings. The summed E-state index contributed by atoms with van der Waals surface area (Å²) < 4.78 is 12.6. The average molecular weight is 476 g/mol. The molecule has 10 nitrogen and oxygen atoms in total. The second kappa shape index (κ2) is 9.38. The van der Waals surface area contributed by atoms with Gasteiger partial charge in [0.1, 0.15) is 22.7 Å². The highest BCUT2D eigenvalue weighted by Crippen LogP contribution is 2.26. The summed E-state index contributed by atoms with van der Waals surface area (Å²) in [6.45, 7) is 7.93. The predicted molar refractivity (Wildman–Crippen MR) is 135 cm³/mol. The van der Waals surface area contributed by atoms with Crippen LogP contribution in [0, 0.1) is 6.92 Å². The highest BCUT2D eigenvalue weighted by molar-refractivity contribution is 5.86. The first-order chi connectivity index (χ1) is 16.9. The van der Waals surface area contributed by atoms with E-state index in [0.717, 1.165) is 31.1 Å². The van der Waals surface area contributed by atoms with Crippen LogP contribution in [0.1, 0.15) is 12.7 Å². The molecule has 4 aromatic rings. The minimum atomic E-state index is -0.221. The molecule has 1 aliphatic heterocycles. The molecule has 2 N–H and O–H groups in total. The lowest BCUT2D eigenvalue weighted by molar-refractivity contribution is 0.182. The van der Waals surface area contributed by atoms with Crippen molar-refractivity contribution in [1.82, 2.24) is 24.4 Å². The summed E-state index contributed by atoms with van der Waals surface area (Å²) in [5.41, 5.74) is 8.36. The molecule has 10 heteroatoms. The van der Waals surface area contributed by atoms with Crippen LogP contribution in [0.3, 0.4) is 0 Å². The summed E-state index contributed by atoms with van der Waals surface area (Å²) in [6, 6.07) is 12.1. The van der Waals surface area contributed by atoms with Crippen molar-refractivity contribution in [2.45, 2.75) is 26.4 Å². The number of benzene rings is 1. The predicted octanol–water partition coefficient (Wildman–Crippen LogP) is 2.56. The monoisotopic (exact) mass is 475 g/mol. The number of hydrogen-bond acceptors (Lipinski definition) is 9. The van der Waals surface area contributed by atoms with E-state index in [0.29, 0.717) is 41.7 Å². The SMILES string of the molecule is COc1ccc(N2CCN(CCn3c(=O)cnc4c(-c5ccc(C)o5)nc(N)nc43)[C@H](C)C2)cc1. The number of piperazine rings is 1. The normalized spacial score (nSPS) is 16.7. The van der Waals surface area contributed by atoms with E-state index in [1.54, 1.807) is 11.7 Å². The maximum atomic E-state index is 12.8. The Labute approximate surface area is 203 Å². The molecule has 35 heavy (non-hydrogen) atoms. The third kappa shape index (κ3) is 4.57. The molecule has 0 radical (unpaired) electrons. The highest BCUT2D eigenvalue weighted by Gasteiger charge is 2.24. The molecule has 0 bridgehead atoms. The van der Waals surface area contributed by atoms with Crippen molar-refractivity contribution >= 4 is 22.8 Å². The number of rotatable bonds is 6. The molecule has 1 aliphatic rings. The van der Waals surface area contributed by atoms with E-state index in [1.807, 2.05) is 31.2 Å². The number of anilines is 2. The summed E-state index contributed by atoms with van der Waals surface area (Å²) in [5.74, 6) is 2.22. The van der Waals surface area contributed by atoms with E-state index in [2.05, 4.69) is 43.8 Å². The van der Waals surface area contributed by atoms with Crippen molar-refractivity contribution in [2.75, 3.05) is 43.9 Å². The fraction of sp³-hybridized carbons (Fsp3) is 0.360. The summed E-state index contributed by atoms with van der Waals surface area (Å²) in [4.78, 5) is 30.6. The van der Waals surface area contributed by atoms with Gasteiger partial charge in [0.2, 0.25) is 5.95 Å². The van der Waals surface area contributed by atoms with Crippen LogP contribution in [0.15, 0.2) is 51.8 Å². The summed E-state index contributed by atoms with van der Waals surface area (Å²) in [6.07, 6.45) is 1.31. The van der Waals surface area contributed by atoms with Gasteiger partial charge < -0.3 is 19.8 Å². The molecular weight excluding hydrogens is 446 g/mol. The number of furan rings is 1. The molecule has 3 aromatic heterocycles. The maximum Gasteiger partial charge on any atom is 0.270 e. The van der Waals surface area contributed by atoms with Crippen molar-refractivity contribution in [3.63, 3.8) is 0 Å². The van der Waals surface area contributed by atoms with Crippen molar-refractivity contribution in [2.24, 2.45) is 0 Å². The smallest absolute Gasteiger partial charge is 0.270 e. The van der Waals surface area contributed by atoms with E-state index in [-0.39, 0.29) is 11.5 Å². The van der Waals surface area contributed by atoms with Gasteiger partial charge in [0, 0.05) is 44.5 Å². The Morgan fingerprint density at radius 1 is 1.11 bits per heavy atom.